The van der Waals surface area contributed by atoms with Gasteiger partial charge in [0.2, 0.25) is 0 Å². The van der Waals surface area contributed by atoms with Gasteiger partial charge in [-0.05, 0) is 127 Å². The number of rotatable bonds is 2. The van der Waals surface area contributed by atoms with E-state index in [4.69, 9.17) is 24.4 Å². The second-order valence-corrected chi connectivity index (χ2v) is 11.0. The molecular formula is C28H36N4S2. The molecule has 2 aliphatic heterocycles. The second-order valence-electron chi connectivity index (χ2n) is 10.2. The zero-order valence-corrected chi connectivity index (χ0v) is 23.1. The molecule has 4 nitrogen and oxygen atoms in total. The Morgan fingerprint density at radius 1 is 0.618 bits per heavy atom. The van der Waals surface area contributed by atoms with Crippen LogP contribution >= 0.6 is 24.4 Å². The fourth-order valence-electron chi connectivity index (χ4n) is 4.40. The zero-order valence-electron chi connectivity index (χ0n) is 21.5. The van der Waals surface area contributed by atoms with Gasteiger partial charge in [0.25, 0.3) is 0 Å². The molecule has 6 heteroatoms. The summed E-state index contributed by atoms with van der Waals surface area (Å²) in [7, 11) is 0. The van der Waals surface area contributed by atoms with Crippen molar-refractivity contribution in [2.45, 2.75) is 66.5 Å². The maximum Gasteiger partial charge on any atom is 0.178 e. The van der Waals surface area contributed by atoms with Crippen LogP contribution in [0.2, 0.25) is 0 Å². The number of hydrogen-bond acceptors (Lipinski definition) is 2. The number of thiocarbonyl (C=S) groups is 2. The maximum atomic E-state index is 5.45. The fourth-order valence-corrected chi connectivity index (χ4v) is 5.43. The topological polar surface area (TPSA) is 30.5 Å². The minimum absolute atomic E-state index is 0.0680. The molecule has 0 radical (unpaired) electrons. The predicted molar refractivity (Wildman–Crippen MR) is 154 cm³/mol. The first kappa shape index (κ1) is 25.9. The Balaban J connectivity index is 0.000000191. The van der Waals surface area contributed by atoms with Crippen LogP contribution in [0.3, 0.4) is 0 Å². The predicted octanol–water partition coefficient (Wildman–Crippen LogP) is 6.74. The molecule has 0 saturated carbocycles. The molecule has 180 valence electrons. The Labute approximate surface area is 215 Å². The van der Waals surface area contributed by atoms with Crippen LogP contribution in [0.4, 0.5) is 11.4 Å². The summed E-state index contributed by atoms with van der Waals surface area (Å²) in [6.07, 6.45) is 4.40. The molecular weight excluding hydrogens is 456 g/mol. The van der Waals surface area contributed by atoms with Gasteiger partial charge in [0.05, 0.1) is 11.1 Å². The molecule has 34 heavy (non-hydrogen) atoms. The van der Waals surface area contributed by atoms with Crippen molar-refractivity contribution in [3.8, 4) is 0 Å². The van der Waals surface area contributed by atoms with Crippen molar-refractivity contribution in [1.29, 1.82) is 0 Å². The van der Waals surface area contributed by atoms with Crippen LogP contribution in [0.5, 0.6) is 0 Å². The van der Waals surface area contributed by atoms with Crippen LogP contribution in [-0.2, 0) is 0 Å². The monoisotopic (exact) mass is 492 g/mol. The summed E-state index contributed by atoms with van der Waals surface area (Å²) < 4.78 is 0. The number of aryl methyl sites for hydroxylation is 2. The van der Waals surface area contributed by atoms with Crippen molar-refractivity contribution < 1.29 is 0 Å². The average molecular weight is 493 g/mol. The highest BCUT2D eigenvalue weighted by Crippen LogP contribution is 2.27. The molecule has 0 amide bonds. The largest absolute Gasteiger partial charge is 0.354 e. The van der Waals surface area contributed by atoms with E-state index in [1.54, 1.807) is 0 Å². The molecule has 0 unspecified atom stereocenters. The summed E-state index contributed by atoms with van der Waals surface area (Å²) in [5, 5.41) is 8.20. The number of nitrogens with zero attached hydrogens (tertiary/aromatic N) is 2. The minimum atomic E-state index is -0.0680. The first-order valence-corrected chi connectivity index (χ1v) is 12.4. The Morgan fingerprint density at radius 2 is 0.971 bits per heavy atom. The van der Waals surface area contributed by atoms with Crippen LogP contribution < -0.4 is 20.4 Å². The Kier molecular flexibility index (Phi) is 7.53. The molecule has 0 aromatic heterocycles. The summed E-state index contributed by atoms with van der Waals surface area (Å²) in [5.74, 6) is 0. The quantitative estimate of drug-likeness (QED) is 0.451. The molecule has 2 heterocycles. The molecule has 2 aliphatic rings. The lowest BCUT2D eigenvalue weighted by molar-refractivity contribution is 0.559. The van der Waals surface area contributed by atoms with E-state index >= 15 is 0 Å². The van der Waals surface area contributed by atoms with Crippen LogP contribution in [0.15, 0.2) is 72.1 Å². The summed E-state index contributed by atoms with van der Waals surface area (Å²) in [4.78, 5) is 4.15. The van der Waals surface area contributed by atoms with Crippen molar-refractivity contribution in [2.24, 2.45) is 0 Å². The van der Waals surface area contributed by atoms with E-state index in [1.807, 2.05) is 0 Å². The summed E-state index contributed by atoms with van der Waals surface area (Å²) >= 11 is 10.9. The van der Waals surface area contributed by atoms with Gasteiger partial charge in [-0.3, -0.25) is 9.80 Å². The van der Waals surface area contributed by atoms with E-state index in [1.165, 1.54) is 22.5 Å². The third kappa shape index (κ3) is 6.24. The van der Waals surface area contributed by atoms with Crippen LogP contribution in [0.1, 0.15) is 52.7 Å². The number of anilines is 2. The number of allylic oxidation sites excluding steroid dienone is 2. The van der Waals surface area contributed by atoms with Crippen LogP contribution in [0.25, 0.3) is 0 Å². The third-order valence-electron chi connectivity index (χ3n) is 5.63. The minimum Gasteiger partial charge on any atom is -0.354 e. The highest BCUT2D eigenvalue weighted by atomic mass is 32.1. The van der Waals surface area contributed by atoms with Gasteiger partial charge in [-0.2, -0.15) is 0 Å². The molecule has 4 rings (SSSR count). The molecule has 0 aliphatic carbocycles. The van der Waals surface area contributed by atoms with Gasteiger partial charge >= 0.3 is 0 Å². The van der Waals surface area contributed by atoms with Gasteiger partial charge in [0.1, 0.15) is 0 Å². The van der Waals surface area contributed by atoms with Crippen molar-refractivity contribution in [3.05, 3.63) is 83.2 Å². The third-order valence-corrected chi connectivity index (χ3v) is 6.20. The van der Waals surface area contributed by atoms with Crippen molar-refractivity contribution in [2.75, 3.05) is 9.80 Å². The normalized spacial score (nSPS) is 18.7. The van der Waals surface area contributed by atoms with Crippen molar-refractivity contribution in [3.63, 3.8) is 0 Å². The lowest BCUT2D eigenvalue weighted by atomic mass is 10.0. The van der Waals surface area contributed by atoms with Crippen LogP contribution in [0, 0.1) is 13.8 Å². The lowest BCUT2D eigenvalue weighted by Crippen LogP contribution is -2.53. The van der Waals surface area contributed by atoms with E-state index in [0.717, 1.165) is 21.6 Å². The second kappa shape index (κ2) is 9.88. The van der Waals surface area contributed by atoms with Gasteiger partial charge in [0.15, 0.2) is 10.2 Å². The zero-order chi connectivity index (χ0) is 25.3. The molecule has 0 fully saturated rings. The number of nitrogens with one attached hydrogen (secondary N) is 2. The fraction of sp³-hybridized carbons (Fsp3) is 0.357. The van der Waals surface area contributed by atoms with E-state index in [0.29, 0.717) is 0 Å². The summed E-state index contributed by atoms with van der Waals surface area (Å²) in [6.45, 7) is 16.9. The standard InChI is InChI=1S/2C14H18N2S/c2*1-10-6-5-7-12(8-10)16-11(2)9-14(3,4)15-13(16)17/h2*5-9H,1-4H3,(H,15,17). The first-order chi connectivity index (χ1) is 15.8. The van der Waals surface area contributed by atoms with Gasteiger partial charge < -0.3 is 10.6 Å². The number of hydrogen-bond donors (Lipinski definition) is 2. The first-order valence-electron chi connectivity index (χ1n) is 11.5. The molecule has 0 saturated heterocycles. The summed E-state index contributed by atoms with van der Waals surface area (Å²) in [6, 6.07) is 16.7. The van der Waals surface area contributed by atoms with Gasteiger partial charge in [-0.1, -0.05) is 24.3 Å². The van der Waals surface area contributed by atoms with Gasteiger partial charge in [-0.15, -0.1) is 0 Å². The lowest BCUT2D eigenvalue weighted by Gasteiger charge is -2.38. The van der Waals surface area contributed by atoms with Crippen LogP contribution in [-0.4, -0.2) is 21.3 Å². The van der Waals surface area contributed by atoms with E-state index in [2.05, 4.69) is 137 Å². The van der Waals surface area contributed by atoms with Crippen molar-refractivity contribution >= 4 is 46.0 Å². The Morgan fingerprint density at radius 3 is 1.26 bits per heavy atom. The van der Waals surface area contributed by atoms with E-state index in [-0.39, 0.29) is 11.1 Å². The van der Waals surface area contributed by atoms with Gasteiger partial charge in [0, 0.05) is 22.8 Å². The van der Waals surface area contributed by atoms with E-state index in [9.17, 15) is 0 Å². The molecule has 0 bridgehead atoms. The van der Waals surface area contributed by atoms with Crippen molar-refractivity contribution in [1.82, 2.24) is 10.6 Å². The number of benzene rings is 2. The summed E-state index contributed by atoms with van der Waals surface area (Å²) in [5.41, 5.74) is 6.92. The smallest absolute Gasteiger partial charge is 0.178 e. The Bertz CT molecular complexity index is 1070. The SMILES string of the molecule is CC1=CC(C)(C)NC(=S)N1c1cccc(C)c1.CC1=CC(C)(C)NC(=S)N1c1cccc(C)c1. The highest BCUT2D eigenvalue weighted by molar-refractivity contribution is 7.80. The Hall–Kier alpha value is -2.70. The highest BCUT2D eigenvalue weighted by Gasteiger charge is 2.28. The molecule has 2 aromatic rings. The molecule has 0 spiro atoms. The average Bonchev–Trinajstić information content (AvgIpc) is 2.65. The maximum absolute atomic E-state index is 5.45. The van der Waals surface area contributed by atoms with Gasteiger partial charge in [-0.25, -0.2) is 0 Å². The molecule has 2 N–H and O–H groups in total. The molecule has 2 aromatic carbocycles. The molecule has 0 atom stereocenters. The van der Waals surface area contributed by atoms with E-state index < -0.39 is 0 Å².